The summed E-state index contributed by atoms with van der Waals surface area (Å²) in [6.45, 7) is 9.55. The smallest absolute Gasteiger partial charge is 0.135 e. The Morgan fingerprint density at radius 1 is 0.178 bits per heavy atom. The highest BCUT2D eigenvalue weighted by Crippen LogP contribution is 2.57. The molecule has 1 aromatic heterocycles. The fourth-order valence-electron chi connectivity index (χ4n) is 19.1. The van der Waals surface area contributed by atoms with E-state index in [9.17, 15) is 0 Å². The first-order chi connectivity index (χ1) is 52.6. The molecule has 0 fully saturated rings. The van der Waals surface area contributed by atoms with E-state index in [-0.39, 0.29) is 10.8 Å². The third-order valence-electron chi connectivity index (χ3n) is 23.9. The van der Waals surface area contributed by atoms with Gasteiger partial charge in [-0.05, 0) is 228 Å². The molecule has 502 valence electrons. The lowest BCUT2D eigenvalue weighted by atomic mass is 9.80. The maximum atomic E-state index is 6.12. The molecular weight excluding hydrogens is 1290 g/mol. The lowest BCUT2D eigenvalue weighted by Gasteiger charge is -2.23. The zero-order valence-electron chi connectivity index (χ0n) is 60.0. The quantitative estimate of drug-likeness (QED) is 0.145. The molecule has 0 atom stereocenters. The van der Waals surface area contributed by atoms with Crippen LogP contribution < -0.4 is 0 Å². The maximum absolute atomic E-state index is 6.12. The van der Waals surface area contributed by atoms with Gasteiger partial charge in [0.25, 0.3) is 0 Å². The summed E-state index contributed by atoms with van der Waals surface area (Å²) in [5, 5.41) is 20.3. The van der Waals surface area contributed by atoms with Gasteiger partial charge in [-0.25, -0.2) is 0 Å². The molecule has 107 heavy (non-hydrogen) atoms. The van der Waals surface area contributed by atoms with Crippen molar-refractivity contribution in [3.8, 4) is 100 Å². The van der Waals surface area contributed by atoms with Crippen LogP contribution >= 0.6 is 0 Å². The molecule has 0 saturated heterocycles. The van der Waals surface area contributed by atoms with Gasteiger partial charge in [0.2, 0.25) is 0 Å². The highest BCUT2D eigenvalue weighted by molar-refractivity contribution is 6.25. The molecule has 0 amide bonds. The number of rotatable bonds is 7. The van der Waals surface area contributed by atoms with Gasteiger partial charge in [-0.15, -0.1) is 0 Å². The second-order valence-corrected chi connectivity index (χ2v) is 30.4. The third kappa shape index (κ3) is 9.63. The van der Waals surface area contributed by atoms with E-state index in [4.69, 9.17) is 4.42 Å². The molecule has 0 unspecified atom stereocenters. The van der Waals surface area contributed by atoms with E-state index >= 15 is 0 Å². The van der Waals surface area contributed by atoms with E-state index in [0.717, 1.165) is 21.9 Å². The van der Waals surface area contributed by atoms with Crippen molar-refractivity contribution in [2.75, 3.05) is 0 Å². The highest BCUT2D eigenvalue weighted by atomic mass is 16.3. The van der Waals surface area contributed by atoms with Crippen molar-refractivity contribution in [1.29, 1.82) is 0 Å². The van der Waals surface area contributed by atoms with E-state index < -0.39 is 0 Å². The Morgan fingerprint density at radius 3 is 1.00 bits per heavy atom. The first-order valence-electron chi connectivity index (χ1n) is 37.5. The maximum Gasteiger partial charge on any atom is 0.135 e. The van der Waals surface area contributed by atoms with Crippen LogP contribution in [0.2, 0.25) is 0 Å². The predicted octanol–water partition coefficient (Wildman–Crippen LogP) is 29.6. The van der Waals surface area contributed by atoms with Gasteiger partial charge in [0.1, 0.15) is 11.2 Å². The number of hydrogen-bond donors (Lipinski definition) is 0. The standard InChI is InChI=1S/C57H38O.C49H34/c1-57(2)50-23-12-22-41(55(50)48-31-29-36-13-3-4-16-42(36)56(48)57)39-14-11-15-40(33-39)54-46-20-7-5-18-44(46)53(45-19-6-8-21-47(45)54)37-27-25-35(26-28-37)38-30-32-52-49(34-38)43-17-9-10-24-51(43)58-52;1-49(2)44-27-13-25-36(47(44)43-29-28-32-15-4-6-20-37(32)48(43)49)33-17-11-18-34(30-33)45-39-21-7-9-23-41(39)46(42-24-10-8-22-40(42)45)38-26-12-16-31-14-3-5-19-35(31)38/h3-34H,1-2H3;3-30H,1-2H3. The number of hydrogen-bond acceptors (Lipinski definition) is 1. The molecule has 2 aliphatic rings. The molecule has 0 aliphatic heterocycles. The molecule has 2 aliphatic carbocycles. The van der Waals surface area contributed by atoms with Gasteiger partial charge < -0.3 is 4.42 Å². The minimum Gasteiger partial charge on any atom is -0.456 e. The van der Waals surface area contributed by atoms with Gasteiger partial charge in [-0.3, -0.25) is 0 Å². The molecule has 19 aromatic carbocycles. The Bertz CT molecular complexity index is 7000. The average Bonchev–Trinajstić information content (AvgIpc) is 1.60. The van der Waals surface area contributed by atoms with Crippen molar-refractivity contribution in [1.82, 2.24) is 0 Å². The predicted molar refractivity (Wildman–Crippen MR) is 456 cm³/mol. The van der Waals surface area contributed by atoms with Crippen LogP contribution in [0.1, 0.15) is 49.9 Å². The summed E-state index contributed by atoms with van der Waals surface area (Å²) in [5.74, 6) is 0. The zero-order chi connectivity index (χ0) is 71.2. The highest BCUT2D eigenvalue weighted by Gasteiger charge is 2.40. The molecule has 0 spiro atoms. The van der Waals surface area contributed by atoms with Crippen molar-refractivity contribution < 1.29 is 4.42 Å². The van der Waals surface area contributed by atoms with E-state index in [2.05, 4.69) is 380 Å². The molecule has 1 heteroatoms. The summed E-state index contributed by atoms with van der Waals surface area (Å²) < 4.78 is 6.12. The number of benzene rings is 19. The molecule has 0 N–H and O–H groups in total. The lowest BCUT2D eigenvalue weighted by molar-refractivity contribution is 0.666. The van der Waals surface area contributed by atoms with Crippen molar-refractivity contribution in [3.63, 3.8) is 0 Å². The van der Waals surface area contributed by atoms with Gasteiger partial charge in [-0.1, -0.05) is 361 Å². The number of para-hydroxylation sites is 1. The summed E-state index contributed by atoms with van der Waals surface area (Å²) in [5.41, 5.74) is 30.2. The fraction of sp³-hybridized carbons (Fsp3) is 0.0566. The molecule has 22 rings (SSSR count). The Labute approximate surface area is 622 Å². The summed E-state index contributed by atoms with van der Waals surface area (Å²) in [6.07, 6.45) is 0. The van der Waals surface area contributed by atoms with Crippen molar-refractivity contribution in [2.45, 2.75) is 38.5 Å². The molecule has 0 radical (unpaired) electrons. The second-order valence-electron chi connectivity index (χ2n) is 30.4. The van der Waals surface area contributed by atoms with Crippen LogP contribution in [-0.4, -0.2) is 0 Å². The topological polar surface area (TPSA) is 13.1 Å². The molecule has 0 saturated carbocycles. The first kappa shape index (κ1) is 62.4. The Kier molecular flexibility index (Phi) is 14.1. The number of fused-ring (bicyclic) bond motifs is 18. The van der Waals surface area contributed by atoms with E-state index in [1.54, 1.807) is 0 Å². The lowest BCUT2D eigenvalue weighted by Crippen LogP contribution is -2.15. The summed E-state index contributed by atoms with van der Waals surface area (Å²) in [4.78, 5) is 0. The average molecular weight is 1360 g/mol. The second kappa shape index (κ2) is 24.2. The largest absolute Gasteiger partial charge is 0.456 e. The van der Waals surface area contributed by atoms with Crippen LogP contribution in [-0.2, 0) is 10.8 Å². The minimum atomic E-state index is -0.109. The molecule has 1 heterocycles. The molecular formula is C106H72O. The van der Waals surface area contributed by atoms with Crippen LogP contribution in [0.5, 0.6) is 0 Å². The van der Waals surface area contributed by atoms with Crippen molar-refractivity contribution in [2.24, 2.45) is 0 Å². The van der Waals surface area contributed by atoms with Gasteiger partial charge in [-0.2, -0.15) is 0 Å². The van der Waals surface area contributed by atoms with Gasteiger partial charge in [0, 0.05) is 21.6 Å². The summed E-state index contributed by atoms with van der Waals surface area (Å²) >= 11 is 0. The van der Waals surface area contributed by atoms with Crippen LogP contribution in [0.4, 0.5) is 0 Å². The minimum absolute atomic E-state index is 0.0942. The van der Waals surface area contributed by atoms with Crippen LogP contribution in [0.25, 0.3) is 197 Å². The molecule has 20 aromatic rings. The Hall–Kier alpha value is -13.2. The summed E-state index contributed by atoms with van der Waals surface area (Å²) in [6, 6.07) is 135. The van der Waals surface area contributed by atoms with Crippen molar-refractivity contribution in [3.05, 3.63) is 386 Å². The van der Waals surface area contributed by atoms with Gasteiger partial charge in [0.05, 0.1) is 0 Å². The van der Waals surface area contributed by atoms with E-state index in [1.807, 2.05) is 12.1 Å². The SMILES string of the molecule is CC1(C)c2cccc(-c3cccc(-c4c5ccccc5c(-c5ccc(-c6ccc7oc8ccccc8c7c6)cc5)c5ccccc45)c3)c2-c2ccc3ccccc3c21.CC1(C)c2cccc(-c3cccc(-c4c5ccccc5c(-c5cccc6ccccc56)c5ccccc45)c3)c2-c2ccc3ccccc3c21. The van der Waals surface area contributed by atoms with Crippen LogP contribution in [0, 0.1) is 0 Å². The Morgan fingerprint density at radius 2 is 0.514 bits per heavy atom. The molecule has 1 nitrogen and oxygen atoms in total. The van der Waals surface area contributed by atoms with Crippen molar-refractivity contribution >= 4 is 97.3 Å². The Balaban J connectivity index is 0.000000139. The molecule has 0 bridgehead atoms. The normalized spacial score (nSPS) is 13.2. The first-order valence-corrected chi connectivity index (χ1v) is 37.5. The monoisotopic (exact) mass is 1360 g/mol. The van der Waals surface area contributed by atoms with Gasteiger partial charge >= 0.3 is 0 Å². The van der Waals surface area contributed by atoms with Gasteiger partial charge in [0.15, 0.2) is 0 Å². The summed E-state index contributed by atoms with van der Waals surface area (Å²) in [7, 11) is 0. The third-order valence-corrected chi connectivity index (χ3v) is 23.9. The zero-order valence-corrected chi connectivity index (χ0v) is 60.0. The van der Waals surface area contributed by atoms with Crippen LogP contribution in [0.3, 0.4) is 0 Å². The van der Waals surface area contributed by atoms with Crippen LogP contribution in [0.15, 0.2) is 368 Å². The van der Waals surface area contributed by atoms with E-state index in [0.29, 0.717) is 0 Å². The fourth-order valence-corrected chi connectivity index (χ4v) is 19.1. The number of furan rings is 1. The van der Waals surface area contributed by atoms with E-state index in [1.165, 1.54) is 198 Å².